The Kier molecular flexibility index (Phi) is 2.57. The fourth-order valence-corrected chi connectivity index (χ4v) is 1.17. The number of amides is 2. The summed E-state index contributed by atoms with van der Waals surface area (Å²) in [6.07, 6.45) is 2.27. The molecule has 1 heterocycles. The maximum Gasteiger partial charge on any atom is 0.254 e. The van der Waals surface area contributed by atoms with Gasteiger partial charge in [0.15, 0.2) is 5.78 Å². The van der Waals surface area contributed by atoms with E-state index < -0.39 is 17.9 Å². The Balaban J connectivity index is 2.87. The van der Waals surface area contributed by atoms with Crippen LogP contribution in [0, 0.1) is 0 Å². The number of hydrogen-bond donors (Lipinski definition) is 1. The number of carbonyl (C=O) groups excluding carboxylic acids is 3. The minimum atomic E-state index is -0.824. The van der Waals surface area contributed by atoms with Crippen molar-refractivity contribution < 1.29 is 14.4 Å². The smallest absolute Gasteiger partial charge is 0.254 e. The molecule has 0 radical (unpaired) electrons. The van der Waals surface area contributed by atoms with Crippen LogP contribution in [0.25, 0.3) is 0 Å². The van der Waals surface area contributed by atoms with Crippen molar-refractivity contribution in [1.82, 2.24) is 4.90 Å². The maximum atomic E-state index is 11.1. The molecule has 2 amide bonds. The molecule has 2 N–H and O–H groups in total. The van der Waals surface area contributed by atoms with Crippen molar-refractivity contribution in [3.63, 3.8) is 0 Å². The molecule has 1 unspecified atom stereocenters. The predicted molar refractivity (Wildman–Crippen MR) is 44.5 cm³/mol. The average Bonchev–Trinajstić information content (AvgIpc) is 2.36. The second-order valence-electron chi connectivity index (χ2n) is 2.74. The van der Waals surface area contributed by atoms with Crippen molar-refractivity contribution >= 4 is 17.6 Å². The van der Waals surface area contributed by atoms with Gasteiger partial charge in [-0.1, -0.05) is 0 Å². The van der Waals surface area contributed by atoms with Crippen LogP contribution in [0.2, 0.25) is 0 Å². The molecule has 0 saturated heterocycles. The molecule has 5 heteroatoms. The van der Waals surface area contributed by atoms with Gasteiger partial charge in [-0.25, -0.2) is 0 Å². The van der Waals surface area contributed by atoms with E-state index >= 15 is 0 Å². The number of rotatable bonds is 3. The molecule has 0 fully saturated rings. The normalized spacial score (nSPS) is 18.2. The van der Waals surface area contributed by atoms with E-state index in [1.54, 1.807) is 0 Å². The first-order chi connectivity index (χ1) is 6.07. The molecule has 0 aromatic carbocycles. The summed E-state index contributed by atoms with van der Waals surface area (Å²) in [7, 11) is 0. The zero-order chi connectivity index (χ0) is 10.0. The molecular formula is C8H10N2O3. The number of Topliss-reactive ketones (excluding diaryl/α,β-unsaturated/α-hetero) is 1. The van der Waals surface area contributed by atoms with Crippen LogP contribution in [-0.4, -0.2) is 35.1 Å². The van der Waals surface area contributed by atoms with Gasteiger partial charge in [-0.2, -0.15) is 0 Å². The Morgan fingerprint density at radius 2 is 1.92 bits per heavy atom. The van der Waals surface area contributed by atoms with Crippen molar-refractivity contribution in [3.8, 4) is 0 Å². The van der Waals surface area contributed by atoms with Gasteiger partial charge in [0.05, 0.1) is 0 Å². The second-order valence-corrected chi connectivity index (χ2v) is 2.74. The lowest BCUT2D eigenvalue weighted by molar-refractivity contribution is -0.143. The van der Waals surface area contributed by atoms with Crippen molar-refractivity contribution in [3.05, 3.63) is 12.2 Å². The zero-order valence-corrected chi connectivity index (χ0v) is 7.19. The van der Waals surface area contributed by atoms with E-state index in [-0.39, 0.29) is 12.3 Å². The Hall–Kier alpha value is -1.49. The van der Waals surface area contributed by atoms with Crippen LogP contribution >= 0.6 is 0 Å². The number of ketones is 1. The summed E-state index contributed by atoms with van der Waals surface area (Å²) in [5, 5.41) is 0. The fraction of sp³-hybridized carbons (Fsp3) is 0.375. The summed E-state index contributed by atoms with van der Waals surface area (Å²) in [5.41, 5.74) is 5.28. The number of nitrogens with zero attached hydrogens (tertiary/aromatic N) is 1. The van der Waals surface area contributed by atoms with Gasteiger partial charge in [0.2, 0.25) is 0 Å². The summed E-state index contributed by atoms with van der Waals surface area (Å²) >= 11 is 0. The molecule has 0 saturated carbocycles. The van der Waals surface area contributed by atoms with E-state index in [4.69, 9.17) is 5.73 Å². The Bertz CT molecular complexity index is 278. The van der Waals surface area contributed by atoms with E-state index in [0.717, 1.165) is 17.1 Å². The van der Waals surface area contributed by atoms with Crippen LogP contribution in [0.4, 0.5) is 0 Å². The summed E-state index contributed by atoms with van der Waals surface area (Å²) in [4.78, 5) is 34.1. The first-order valence-electron chi connectivity index (χ1n) is 3.83. The maximum absolute atomic E-state index is 11.1. The quantitative estimate of drug-likeness (QED) is 0.557. The second kappa shape index (κ2) is 3.49. The van der Waals surface area contributed by atoms with E-state index in [0.29, 0.717) is 0 Å². The molecule has 0 aliphatic carbocycles. The highest BCUT2D eigenvalue weighted by atomic mass is 16.2. The van der Waals surface area contributed by atoms with Gasteiger partial charge in [0.25, 0.3) is 11.8 Å². The van der Waals surface area contributed by atoms with E-state index in [9.17, 15) is 14.4 Å². The number of nitrogens with two attached hydrogens (primary N) is 1. The molecule has 0 aromatic rings. The highest BCUT2D eigenvalue weighted by molar-refractivity contribution is 6.15. The Labute approximate surface area is 75.2 Å². The first kappa shape index (κ1) is 9.60. The van der Waals surface area contributed by atoms with Crippen LogP contribution in [0.1, 0.15) is 6.92 Å². The third-order valence-electron chi connectivity index (χ3n) is 1.85. The van der Waals surface area contributed by atoms with E-state index in [2.05, 4.69) is 0 Å². The molecule has 0 bridgehead atoms. The van der Waals surface area contributed by atoms with Gasteiger partial charge in [-0.05, 0) is 6.92 Å². The monoisotopic (exact) mass is 182 g/mol. The van der Waals surface area contributed by atoms with Gasteiger partial charge < -0.3 is 5.73 Å². The lowest BCUT2D eigenvalue weighted by atomic mass is 10.2. The standard InChI is InChI=1S/C8H10N2O3/c1-5(11)6(4-9)10-7(12)2-3-8(10)13/h2-3,6H,4,9H2,1H3. The van der Waals surface area contributed by atoms with Crippen molar-refractivity contribution in [2.24, 2.45) is 5.73 Å². The fourth-order valence-electron chi connectivity index (χ4n) is 1.17. The molecule has 1 aliphatic rings. The zero-order valence-electron chi connectivity index (χ0n) is 7.19. The third kappa shape index (κ3) is 1.65. The molecule has 5 nitrogen and oxygen atoms in total. The van der Waals surface area contributed by atoms with Gasteiger partial charge in [0.1, 0.15) is 6.04 Å². The molecule has 0 aromatic heterocycles. The summed E-state index contributed by atoms with van der Waals surface area (Å²) in [6.45, 7) is 1.27. The van der Waals surface area contributed by atoms with Crippen LogP contribution in [-0.2, 0) is 14.4 Å². The van der Waals surface area contributed by atoms with Crippen LogP contribution in [0.3, 0.4) is 0 Å². The molecule has 1 aliphatic heterocycles. The number of hydrogen-bond acceptors (Lipinski definition) is 4. The van der Waals surface area contributed by atoms with Crippen molar-refractivity contribution in [2.75, 3.05) is 6.54 Å². The highest BCUT2D eigenvalue weighted by Crippen LogP contribution is 2.08. The summed E-state index contributed by atoms with van der Waals surface area (Å²) in [6, 6.07) is -0.824. The lowest BCUT2D eigenvalue weighted by Gasteiger charge is -2.21. The highest BCUT2D eigenvalue weighted by Gasteiger charge is 2.32. The minimum Gasteiger partial charge on any atom is -0.328 e. The van der Waals surface area contributed by atoms with Gasteiger partial charge >= 0.3 is 0 Å². The van der Waals surface area contributed by atoms with Crippen LogP contribution in [0.5, 0.6) is 0 Å². The lowest BCUT2D eigenvalue weighted by Crippen LogP contribution is -2.48. The first-order valence-corrected chi connectivity index (χ1v) is 3.83. The van der Waals surface area contributed by atoms with Crippen molar-refractivity contribution in [2.45, 2.75) is 13.0 Å². The Morgan fingerprint density at radius 3 is 2.23 bits per heavy atom. The third-order valence-corrected chi connectivity index (χ3v) is 1.85. The topological polar surface area (TPSA) is 80.5 Å². The Morgan fingerprint density at radius 1 is 1.46 bits per heavy atom. The summed E-state index contributed by atoms with van der Waals surface area (Å²) in [5.74, 6) is -1.24. The molecule has 1 atom stereocenters. The van der Waals surface area contributed by atoms with Crippen LogP contribution < -0.4 is 5.73 Å². The molecule has 0 spiro atoms. The average molecular weight is 182 g/mol. The largest absolute Gasteiger partial charge is 0.328 e. The van der Waals surface area contributed by atoms with Gasteiger partial charge in [-0.15, -0.1) is 0 Å². The molecule has 13 heavy (non-hydrogen) atoms. The number of carbonyl (C=O) groups is 3. The minimum absolute atomic E-state index is 0.0332. The molecule has 70 valence electrons. The number of imide groups is 1. The van der Waals surface area contributed by atoms with Gasteiger partial charge in [-0.3, -0.25) is 19.3 Å². The van der Waals surface area contributed by atoms with Crippen molar-refractivity contribution in [1.29, 1.82) is 0 Å². The molecule has 1 rings (SSSR count). The van der Waals surface area contributed by atoms with Crippen LogP contribution in [0.15, 0.2) is 12.2 Å². The summed E-state index contributed by atoms with van der Waals surface area (Å²) < 4.78 is 0. The SMILES string of the molecule is CC(=O)C(CN)N1C(=O)C=CC1=O. The molecular weight excluding hydrogens is 172 g/mol. The van der Waals surface area contributed by atoms with E-state index in [1.165, 1.54) is 6.92 Å². The predicted octanol–water partition coefficient (Wildman–Crippen LogP) is -1.17. The van der Waals surface area contributed by atoms with Gasteiger partial charge in [0, 0.05) is 18.7 Å². The van der Waals surface area contributed by atoms with E-state index in [1.807, 2.05) is 0 Å².